The first-order chi connectivity index (χ1) is 15.5. The molecule has 11 heteroatoms. The number of carbonyl (C=O) groups excluding carboxylic acids is 1. The van der Waals surface area contributed by atoms with E-state index in [1.54, 1.807) is 6.20 Å². The van der Waals surface area contributed by atoms with Crippen molar-refractivity contribution in [3.63, 3.8) is 0 Å². The van der Waals surface area contributed by atoms with E-state index < -0.39 is 18.1 Å². The van der Waals surface area contributed by atoms with Gasteiger partial charge in [0.25, 0.3) is 5.91 Å². The van der Waals surface area contributed by atoms with Crippen molar-refractivity contribution >= 4 is 39.6 Å². The molecule has 8 nitrogen and oxygen atoms in total. The van der Waals surface area contributed by atoms with E-state index in [0.717, 1.165) is 33.2 Å². The molecule has 170 valence electrons. The summed E-state index contributed by atoms with van der Waals surface area (Å²) in [5.74, 6) is -3.47. The first-order valence-corrected chi connectivity index (χ1v) is 9.40. The van der Waals surface area contributed by atoms with Gasteiger partial charge in [0.15, 0.2) is 5.96 Å². The second-order valence-corrected chi connectivity index (χ2v) is 6.87. The minimum absolute atomic E-state index is 0.253. The number of aliphatic carboxylic acids is 1. The number of hydrogen-bond donors (Lipinski definition) is 3. The van der Waals surface area contributed by atoms with Gasteiger partial charge >= 0.3 is 12.1 Å². The lowest BCUT2D eigenvalue weighted by atomic mass is 10.1. The topological polar surface area (TPSA) is 137 Å². The van der Waals surface area contributed by atoms with E-state index >= 15 is 0 Å². The Morgan fingerprint density at radius 2 is 1.61 bits per heavy atom. The molecular formula is C22H18F3N5O3. The van der Waals surface area contributed by atoms with Crippen molar-refractivity contribution in [3.05, 3.63) is 72.1 Å². The van der Waals surface area contributed by atoms with Crippen LogP contribution in [-0.4, -0.2) is 38.7 Å². The van der Waals surface area contributed by atoms with Gasteiger partial charge in [-0.1, -0.05) is 36.4 Å². The standard InChI is InChI=1S/C20H17N5O.C2HF3O2/c1-12-10-18(14-7-2-4-8-16(14)23-12)25-11-15(19(26)24-20(21)22)13-6-3-5-9-17(13)25;3-2(4,5)1(6)7/h2-11H,1H3,(H4,21,22,24,26);(H,6,7). The van der Waals surface area contributed by atoms with Gasteiger partial charge in [-0.2, -0.15) is 18.2 Å². The Bertz CT molecular complexity index is 1390. The van der Waals surface area contributed by atoms with Crippen molar-refractivity contribution in [3.8, 4) is 5.69 Å². The molecule has 33 heavy (non-hydrogen) atoms. The lowest BCUT2D eigenvalue weighted by Gasteiger charge is -2.10. The molecule has 4 aromatic rings. The fourth-order valence-corrected chi connectivity index (χ4v) is 3.21. The summed E-state index contributed by atoms with van der Waals surface area (Å²) in [6.07, 6.45) is -3.30. The van der Waals surface area contributed by atoms with E-state index in [4.69, 9.17) is 21.4 Å². The Morgan fingerprint density at radius 1 is 1.03 bits per heavy atom. The zero-order valence-electron chi connectivity index (χ0n) is 17.2. The number of amides is 1. The number of guanidine groups is 1. The van der Waals surface area contributed by atoms with Crippen LogP contribution >= 0.6 is 0 Å². The number of hydrogen-bond acceptors (Lipinski definition) is 3. The van der Waals surface area contributed by atoms with Crippen molar-refractivity contribution in [2.24, 2.45) is 16.5 Å². The summed E-state index contributed by atoms with van der Waals surface area (Å²) in [5, 5.41) is 8.92. The monoisotopic (exact) mass is 457 g/mol. The molecule has 0 atom stereocenters. The number of para-hydroxylation sites is 2. The molecule has 0 aliphatic carbocycles. The van der Waals surface area contributed by atoms with Gasteiger partial charge in [-0.05, 0) is 25.1 Å². The number of fused-ring (bicyclic) bond motifs is 2. The van der Waals surface area contributed by atoms with Crippen LogP contribution in [0.25, 0.3) is 27.5 Å². The van der Waals surface area contributed by atoms with Crippen molar-refractivity contribution in [2.45, 2.75) is 13.1 Å². The number of carboxylic acid groups (broad SMARTS) is 1. The third kappa shape index (κ3) is 5.09. The van der Waals surface area contributed by atoms with Crippen LogP contribution in [0.5, 0.6) is 0 Å². The predicted octanol–water partition coefficient (Wildman–Crippen LogP) is 3.53. The summed E-state index contributed by atoms with van der Waals surface area (Å²) >= 11 is 0. The van der Waals surface area contributed by atoms with E-state index in [9.17, 15) is 18.0 Å². The van der Waals surface area contributed by atoms with E-state index in [-0.39, 0.29) is 5.96 Å². The Labute approximate surface area is 185 Å². The van der Waals surface area contributed by atoms with Crippen LogP contribution in [0, 0.1) is 6.92 Å². The highest BCUT2D eigenvalue weighted by Crippen LogP contribution is 2.29. The molecule has 4 rings (SSSR count). The van der Waals surface area contributed by atoms with E-state index in [2.05, 4.69) is 9.98 Å². The summed E-state index contributed by atoms with van der Waals surface area (Å²) in [5.41, 5.74) is 14.9. The first kappa shape index (κ1) is 23.3. The number of pyridine rings is 1. The number of halogens is 3. The van der Waals surface area contributed by atoms with Crippen molar-refractivity contribution < 1.29 is 27.9 Å². The van der Waals surface area contributed by atoms with Crippen LogP contribution in [0.4, 0.5) is 13.2 Å². The molecule has 0 spiro atoms. The predicted molar refractivity (Wildman–Crippen MR) is 117 cm³/mol. The maximum absolute atomic E-state index is 12.5. The second-order valence-electron chi connectivity index (χ2n) is 6.87. The molecule has 0 bridgehead atoms. The lowest BCUT2D eigenvalue weighted by Crippen LogP contribution is -2.24. The molecule has 0 aliphatic heterocycles. The van der Waals surface area contributed by atoms with Crippen LogP contribution in [-0.2, 0) is 4.79 Å². The molecule has 2 aromatic heterocycles. The first-order valence-electron chi connectivity index (χ1n) is 9.40. The highest BCUT2D eigenvalue weighted by Gasteiger charge is 2.38. The third-order valence-electron chi connectivity index (χ3n) is 4.50. The number of aryl methyl sites for hydroxylation is 1. The number of aliphatic imine (C=N–C) groups is 1. The SMILES string of the molecule is Cc1cc(-n2cc(C(=O)N=C(N)N)c3ccccc32)c2ccccc2n1.O=C(O)C(F)(F)F. The molecule has 1 amide bonds. The minimum Gasteiger partial charge on any atom is -0.475 e. The summed E-state index contributed by atoms with van der Waals surface area (Å²) in [4.78, 5) is 29.6. The van der Waals surface area contributed by atoms with Gasteiger partial charge in [0.2, 0.25) is 0 Å². The number of nitrogens with zero attached hydrogens (tertiary/aromatic N) is 3. The van der Waals surface area contributed by atoms with E-state index in [0.29, 0.717) is 5.56 Å². The number of carboxylic acids is 1. The largest absolute Gasteiger partial charge is 0.490 e. The molecule has 0 saturated carbocycles. The molecule has 0 aliphatic rings. The highest BCUT2D eigenvalue weighted by atomic mass is 19.4. The molecule has 2 aromatic carbocycles. The highest BCUT2D eigenvalue weighted by molar-refractivity contribution is 6.11. The number of rotatable bonds is 2. The zero-order chi connectivity index (χ0) is 24.3. The quantitative estimate of drug-likeness (QED) is 0.311. The van der Waals surface area contributed by atoms with Gasteiger partial charge in [0.05, 0.1) is 22.3 Å². The summed E-state index contributed by atoms with van der Waals surface area (Å²) in [6.45, 7) is 1.95. The number of carbonyl (C=O) groups is 2. The average molecular weight is 457 g/mol. The fraction of sp³-hybridized carbons (Fsp3) is 0.0909. The van der Waals surface area contributed by atoms with Gasteiger partial charge in [-0.25, -0.2) is 4.79 Å². The summed E-state index contributed by atoms with van der Waals surface area (Å²) in [6, 6.07) is 17.6. The van der Waals surface area contributed by atoms with E-state index in [1.807, 2.05) is 66.1 Å². The van der Waals surface area contributed by atoms with Gasteiger partial charge in [0.1, 0.15) is 0 Å². The Kier molecular flexibility index (Phi) is 6.33. The van der Waals surface area contributed by atoms with Crippen LogP contribution in [0.15, 0.2) is 65.8 Å². The van der Waals surface area contributed by atoms with Gasteiger partial charge < -0.3 is 21.1 Å². The van der Waals surface area contributed by atoms with Crippen LogP contribution in [0.2, 0.25) is 0 Å². The third-order valence-corrected chi connectivity index (χ3v) is 4.50. The Hall–Kier alpha value is -4.41. The molecule has 0 unspecified atom stereocenters. The van der Waals surface area contributed by atoms with Crippen LogP contribution < -0.4 is 11.5 Å². The molecule has 2 heterocycles. The van der Waals surface area contributed by atoms with Gasteiger partial charge in [-0.3, -0.25) is 9.78 Å². The van der Waals surface area contributed by atoms with Crippen LogP contribution in [0.1, 0.15) is 16.1 Å². The number of aromatic nitrogens is 2. The van der Waals surface area contributed by atoms with E-state index in [1.165, 1.54) is 0 Å². The maximum Gasteiger partial charge on any atom is 0.490 e. The number of alkyl halides is 3. The van der Waals surface area contributed by atoms with Crippen molar-refractivity contribution in [1.29, 1.82) is 0 Å². The molecule has 5 N–H and O–H groups in total. The second kappa shape index (κ2) is 8.99. The lowest BCUT2D eigenvalue weighted by molar-refractivity contribution is -0.192. The van der Waals surface area contributed by atoms with Crippen molar-refractivity contribution in [2.75, 3.05) is 0 Å². The molecule has 0 saturated heterocycles. The summed E-state index contributed by atoms with van der Waals surface area (Å²) in [7, 11) is 0. The minimum atomic E-state index is -5.08. The molecule has 0 fully saturated rings. The zero-order valence-corrected chi connectivity index (χ0v) is 17.2. The Balaban J connectivity index is 0.000000383. The Morgan fingerprint density at radius 3 is 2.21 bits per heavy atom. The van der Waals surface area contributed by atoms with Crippen LogP contribution in [0.3, 0.4) is 0 Å². The average Bonchev–Trinajstić information content (AvgIpc) is 3.12. The fourth-order valence-electron chi connectivity index (χ4n) is 3.21. The van der Waals surface area contributed by atoms with Crippen molar-refractivity contribution in [1.82, 2.24) is 9.55 Å². The van der Waals surface area contributed by atoms with Gasteiger partial charge in [0, 0.05) is 22.7 Å². The normalized spacial score (nSPS) is 11.0. The summed E-state index contributed by atoms with van der Waals surface area (Å²) < 4.78 is 33.7. The number of nitrogens with two attached hydrogens (primary N) is 2. The molecule has 0 radical (unpaired) electrons. The van der Waals surface area contributed by atoms with Gasteiger partial charge in [-0.15, -0.1) is 0 Å². The molecular weight excluding hydrogens is 439 g/mol. The maximum atomic E-state index is 12.5. The number of benzene rings is 2. The smallest absolute Gasteiger partial charge is 0.475 e.